The Morgan fingerprint density at radius 2 is 2.10 bits per heavy atom. The van der Waals surface area contributed by atoms with Crippen molar-refractivity contribution in [3.05, 3.63) is 45.7 Å². The average molecular weight is 337 g/mol. The smallest absolute Gasteiger partial charge is 0.0739 e. The summed E-state index contributed by atoms with van der Waals surface area (Å²) in [5.74, 6) is 0. The van der Waals surface area contributed by atoms with E-state index in [-0.39, 0.29) is 0 Å². The van der Waals surface area contributed by atoms with Gasteiger partial charge in [-0.3, -0.25) is 9.58 Å². The number of halogens is 1. The predicted molar refractivity (Wildman–Crippen MR) is 86.4 cm³/mol. The maximum absolute atomic E-state index is 5.82. The van der Waals surface area contributed by atoms with E-state index in [1.807, 2.05) is 25.1 Å². The monoisotopic (exact) mass is 336 g/mol. The van der Waals surface area contributed by atoms with Crippen molar-refractivity contribution in [3.8, 4) is 0 Å². The summed E-state index contributed by atoms with van der Waals surface area (Å²) in [6, 6.07) is 8.03. The van der Waals surface area contributed by atoms with E-state index in [4.69, 9.17) is 5.73 Å². The molecule has 2 rings (SSSR count). The van der Waals surface area contributed by atoms with E-state index < -0.39 is 0 Å². The fraction of sp³-hybridized carbons (Fsp3) is 0.400. The van der Waals surface area contributed by atoms with Gasteiger partial charge in [0, 0.05) is 25.3 Å². The first-order valence-corrected chi connectivity index (χ1v) is 7.55. The zero-order valence-electron chi connectivity index (χ0n) is 12.2. The van der Waals surface area contributed by atoms with Gasteiger partial charge in [0.1, 0.15) is 0 Å². The molecule has 20 heavy (non-hydrogen) atoms. The van der Waals surface area contributed by atoms with Crippen molar-refractivity contribution in [2.75, 3.05) is 12.8 Å². The van der Waals surface area contributed by atoms with Gasteiger partial charge >= 0.3 is 0 Å². The second-order valence-electron chi connectivity index (χ2n) is 5.08. The van der Waals surface area contributed by atoms with Gasteiger partial charge in [-0.25, -0.2) is 0 Å². The van der Waals surface area contributed by atoms with Crippen LogP contribution in [0.4, 0.5) is 5.69 Å². The lowest BCUT2D eigenvalue weighted by molar-refractivity contribution is 0.307. The minimum atomic E-state index is 0.812. The molecule has 0 radical (unpaired) electrons. The third-order valence-corrected chi connectivity index (χ3v) is 4.31. The van der Waals surface area contributed by atoms with Crippen LogP contribution in [0.25, 0.3) is 0 Å². The van der Waals surface area contributed by atoms with E-state index in [1.165, 1.54) is 11.3 Å². The Morgan fingerprint density at radius 1 is 1.35 bits per heavy atom. The lowest BCUT2D eigenvalue weighted by Crippen LogP contribution is -2.20. The molecule has 0 atom stereocenters. The number of rotatable bonds is 5. The molecule has 2 aromatic rings. The third-order valence-electron chi connectivity index (χ3n) is 3.28. The molecule has 0 saturated heterocycles. The first kappa shape index (κ1) is 15.1. The normalized spacial score (nSPS) is 11.2. The quantitative estimate of drug-likeness (QED) is 0.853. The summed E-state index contributed by atoms with van der Waals surface area (Å²) in [7, 11) is 2.11. The van der Waals surface area contributed by atoms with Crippen molar-refractivity contribution in [3.63, 3.8) is 0 Å². The Labute approximate surface area is 128 Å². The molecule has 4 nitrogen and oxygen atoms in total. The molecule has 0 spiro atoms. The number of nitrogens with two attached hydrogens (primary N) is 1. The zero-order valence-corrected chi connectivity index (χ0v) is 13.8. The maximum Gasteiger partial charge on any atom is 0.0739 e. The van der Waals surface area contributed by atoms with Gasteiger partial charge in [-0.1, -0.05) is 12.1 Å². The van der Waals surface area contributed by atoms with E-state index in [1.54, 1.807) is 0 Å². The Bertz CT molecular complexity index is 592. The van der Waals surface area contributed by atoms with Crippen LogP contribution >= 0.6 is 15.9 Å². The first-order valence-electron chi connectivity index (χ1n) is 6.76. The molecule has 0 aliphatic heterocycles. The van der Waals surface area contributed by atoms with Crippen LogP contribution in [0.2, 0.25) is 0 Å². The van der Waals surface area contributed by atoms with Gasteiger partial charge in [-0.15, -0.1) is 0 Å². The van der Waals surface area contributed by atoms with Gasteiger partial charge in [0.05, 0.1) is 15.9 Å². The highest BCUT2D eigenvalue weighted by Crippen LogP contribution is 2.22. The molecule has 1 heterocycles. The Morgan fingerprint density at radius 3 is 2.75 bits per heavy atom. The van der Waals surface area contributed by atoms with Crippen molar-refractivity contribution in [2.45, 2.75) is 33.5 Å². The van der Waals surface area contributed by atoms with E-state index in [9.17, 15) is 0 Å². The topological polar surface area (TPSA) is 47.1 Å². The van der Waals surface area contributed by atoms with Crippen LogP contribution in [0.5, 0.6) is 0 Å². The molecule has 0 aliphatic rings. The van der Waals surface area contributed by atoms with Gasteiger partial charge in [0.2, 0.25) is 0 Å². The zero-order chi connectivity index (χ0) is 14.7. The number of hydrogen-bond donors (Lipinski definition) is 1. The average Bonchev–Trinajstić information content (AvgIpc) is 2.66. The Hall–Kier alpha value is -1.33. The summed E-state index contributed by atoms with van der Waals surface area (Å²) >= 11 is 3.64. The van der Waals surface area contributed by atoms with Gasteiger partial charge in [0.25, 0.3) is 0 Å². The molecule has 5 heteroatoms. The first-order chi connectivity index (χ1) is 9.51. The second kappa shape index (κ2) is 6.41. The highest BCUT2D eigenvalue weighted by molar-refractivity contribution is 9.10. The SMILES string of the molecule is CCn1nc(C)c(Br)c1CN(C)Cc1cccc(N)c1. The van der Waals surface area contributed by atoms with E-state index in [2.05, 4.69) is 50.6 Å². The lowest BCUT2D eigenvalue weighted by Gasteiger charge is -2.18. The van der Waals surface area contributed by atoms with Crippen LogP contribution in [0.3, 0.4) is 0 Å². The molecule has 0 saturated carbocycles. The minimum absolute atomic E-state index is 0.812. The van der Waals surface area contributed by atoms with Crippen molar-refractivity contribution in [1.29, 1.82) is 0 Å². The van der Waals surface area contributed by atoms with Crippen LogP contribution in [0, 0.1) is 6.92 Å². The summed E-state index contributed by atoms with van der Waals surface area (Å²) in [5, 5.41) is 4.53. The van der Waals surface area contributed by atoms with Gasteiger partial charge in [-0.2, -0.15) is 5.10 Å². The summed E-state index contributed by atoms with van der Waals surface area (Å²) in [5.41, 5.74) is 10.1. The van der Waals surface area contributed by atoms with E-state index in [0.29, 0.717) is 0 Å². The Balaban J connectivity index is 2.10. The molecule has 108 valence electrons. The largest absolute Gasteiger partial charge is 0.399 e. The third kappa shape index (κ3) is 3.41. The number of benzene rings is 1. The van der Waals surface area contributed by atoms with Gasteiger partial charge < -0.3 is 5.73 Å². The number of aryl methyl sites for hydroxylation is 2. The number of anilines is 1. The van der Waals surface area contributed by atoms with Crippen LogP contribution in [-0.4, -0.2) is 21.7 Å². The maximum atomic E-state index is 5.82. The van der Waals surface area contributed by atoms with E-state index in [0.717, 1.165) is 35.5 Å². The molecule has 0 aliphatic carbocycles. The molecule has 0 fully saturated rings. The molecule has 0 bridgehead atoms. The predicted octanol–water partition coefficient (Wildman–Crippen LogP) is 3.19. The van der Waals surface area contributed by atoms with Crippen molar-refractivity contribution in [2.24, 2.45) is 0 Å². The standard InChI is InChI=1S/C15H21BrN4/c1-4-20-14(15(16)11(2)18-20)10-19(3)9-12-6-5-7-13(17)8-12/h5-8H,4,9-10,17H2,1-3H3. The van der Waals surface area contributed by atoms with Gasteiger partial charge in [0.15, 0.2) is 0 Å². The van der Waals surface area contributed by atoms with E-state index >= 15 is 0 Å². The van der Waals surface area contributed by atoms with Crippen molar-refractivity contribution >= 4 is 21.6 Å². The summed E-state index contributed by atoms with van der Waals surface area (Å²) in [4.78, 5) is 2.27. The molecule has 0 unspecified atom stereocenters. The molecule has 1 aromatic heterocycles. The number of nitrogen functional groups attached to an aromatic ring is 1. The van der Waals surface area contributed by atoms with Crippen molar-refractivity contribution in [1.82, 2.24) is 14.7 Å². The molecule has 1 aromatic carbocycles. The second-order valence-corrected chi connectivity index (χ2v) is 5.87. The fourth-order valence-corrected chi connectivity index (χ4v) is 2.74. The molecular weight excluding hydrogens is 316 g/mol. The fourth-order valence-electron chi connectivity index (χ4n) is 2.33. The van der Waals surface area contributed by atoms with Gasteiger partial charge in [-0.05, 0) is 54.5 Å². The van der Waals surface area contributed by atoms with Crippen molar-refractivity contribution < 1.29 is 0 Å². The minimum Gasteiger partial charge on any atom is -0.399 e. The molecule has 2 N–H and O–H groups in total. The highest BCUT2D eigenvalue weighted by Gasteiger charge is 2.14. The van der Waals surface area contributed by atoms with Crippen LogP contribution in [0.1, 0.15) is 23.9 Å². The Kier molecular flexibility index (Phi) is 4.83. The molecular formula is C15H21BrN4. The number of aromatic nitrogens is 2. The lowest BCUT2D eigenvalue weighted by atomic mass is 10.2. The van der Waals surface area contributed by atoms with Crippen LogP contribution < -0.4 is 5.73 Å². The number of nitrogens with zero attached hydrogens (tertiary/aromatic N) is 3. The molecule has 0 amide bonds. The summed E-state index contributed by atoms with van der Waals surface area (Å²) in [6.07, 6.45) is 0. The van der Waals surface area contributed by atoms with Crippen LogP contribution in [0.15, 0.2) is 28.7 Å². The summed E-state index contributed by atoms with van der Waals surface area (Å²) in [6.45, 7) is 6.74. The summed E-state index contributed by atoms with van der Waals surface area (Å²) < 4.78 is 3.16. The highest BCUT2D eigenvalue weighted by atomic mass is 79.9. The van der Waals surface area contributed by atoms with Crippen LogP contribution in [-0.2, 0) is 19.6 Å². The number of hydrogen-bond acceptors (Lipinski definition) is 3.